The largest absolute Gasteiger partial charge is 0.435 e. The van der Waals surface area contributed by atoms with Gasteiger partial charge in [0.2, 0.25) is 5.89 Å². The van der Waals surface area contributed by atoms with E-state index in [9.17, 15) is 0 Å². The monoisotopic (exact) mass is 254 g/mol. The third-order valence-electron chi connectivity index (χ3n) is 3.04. The first-order valence-electron chi connectivity index (χ1n) is 5.97. The molecule has 5 heteroatoms. The Balaban J connectivity index is 2.07. The number of aromatic nitrogens is 3. The van der Waals surface area contributed by atoms with Crippen LogP contribution in [0.2, 0.25) is 0 Å². The number of oxazole rings is 1. The minimum Gasteiger partial charge on any atom is -0.435 e. The van der Waals surface area contributed by atoms with E-state index in [0.717, 1.165) is 11.3 Å². The first-order chi connectivity index (χ1) is 9.16. The maximum absolute atomic E-state index is 6.00. The van der Waals surface area contributed by atoms with Crippen LogP contribution in [-0.2, 0) is 7.05 Å². The normalized spacial score (nSPS) is 10.8. The predicted molar refractivity (Wildman–Crippen MR) is 73.3 cm³/mol. The average Bonchev–Trinajstić information content (AvgIpc) is 2.97. The molecule has 0 amide bonds. The molecule has 0 saturated carbocycles. The summed E-state index contributed by atoms with van der Waals surface area (Å²) in [7, 11) is 1.82. The zero-order chi connectivity index (χ0) is 13.4. The molecule has 3 aromatic rings. The second-order valence-electron chi connectivity index (χ2n) is 4.37. The molecular weight excluding hydrogens is 240 g/mol. The first kappa shape index (κ1) is 11.5. The highest BCUT2D eigenvalue weighted by Crippen LogP contribution is 2.30. The van der Waals surface area contributed by atoms with Crippen LogP contribution in [0.25, 0.3) is 22.9 Å². The molecule has 2 aromatic heterocycles. The van der Waals surface area contributed by atoms with E-state index in [2.05, 4.69) is 10.1 Å². The van der Waals surface area contributed by atoms with Gasteiger partial charge in [-0.05, 0) is 6.92 Å². The quantitative estimate of drug-likeness (QED) is 0.763. The van der Waals surface area contributed by atoms with Gasteiger partial charge in [-0.25, -0.2) is 4.98 Å². The maximum atomic E-state index is 6.00. The van der Waals surface area contributed by atoms with Crippen molar-refractivity contribution < 1.29 is 4.42 Å². The number of hydrogen-bond acceptors (Lipinski definition) is 4. The van der Waals surface area contributed by atoms with Crippen molar-refractivity contribution in [3.63, 3.8) is 0 Å². The Hall–Kier alpha value is -2.56. The molecule has 0 unspecified atom stereocenters. The lowest BCUT2D eigenvalue weighted by atomic mass is 10.2. The van der Waals surface area contributed by atoms with E-state index in [0.29, 0.717) is 23.0 Å². The van der Waals surface area contributed by atoms with Crippen molar-refractivity contribution in [1.29, 1.82) is 0 Å². The van der Waals surface area contributed by atoms with Crippen LogP contribution in [0.15, 0.2) is 40.9 Å². The minimum atomic E-state index is 0.486. The zero-order valence-corrected chi connectivity index (χ0v) is 10.8. The lowest BCUT2D eigenvalue weighted by molar-refractivity contribution is 0.578. The van der Waals surface area contributed by atoms with Gasteiger partial charge in [0, 0.05) is 12.6 Å². The summed E-state index contributed by atoms with van der Waals surface area (Å²) >= 11 is 0. The van der Waals surface area contributed by atoms with Gasteiger partial charge < -0.3 is 10.2 Å². The Morgan fingerprint density at radius 3 is 2.58 bits per heavy atom. The van der Waals surface area contributed by atoms with Crippen molar-refractivity contribution in [2.75, 3.05) is 5.73 Å². The standard InChI is InChI=1S/C14H14N4O/c1-9-12(15)13(18(2)17-9)14-16-8-11(19-14)10-6-4-3-5-7-10/h3-8H,15H2,1-2H3. The molecule has 3 rings (SSSR count). The summed E-state index contributed by atoms with van der Waals surface area (Å²) in [6, 6.07) is 9.83. The molecule has 96 valence electrons. The molecule has 1 aromatic carbocycles. The number of hydrogen-bond donors (Lipinski definition) is 1. The molecule has 0 bridgehead atoms. The lowest BCUT2D eigenvalue weighted by Gasteiger charge is -1.98. The second-order valence-corrected chi connectivity index (χ2v) is 4.37. The van der Waals surface area contributed by atoms with Crippen LogP contribution < -0.4 is 5.73 Å². The van der Waals surface area contributed by atoms with E-state index in [-0.39, 0.29) is 0 Å². The number of nitrogens with zero attached hydrogens (tertiary/aromatic N) is 3. The molecular formula is C14H14N4O. The SMILES string of the molecule is Cc1nn(C)c(-c2ncc(-c3ccccc3)o2)c1N. The Morgan fingerprint density at radius 1 is 1.21 bits per heavy atom. The van der Waals surface area contributed by atoms with Crippen molar-refractivity contribution >= 4 is 5.69 Å². The molecule has 2 heterocycles. The molecule has 0 saturated heterocycles. The van der Waals surface area contributed by atoms with Crippen LogP contribution in [-0.4, -0.2) is 14.8 Å². The Kier molecular flexibility index (Phi) is 2.59. The second kappa shape index (κ2) is 4.28. The predicted octanol–water partition coefficient (Wildman–Crippen LogP) is 2.63. The van der Waals surface area contributed by atoms with Crippen LogP contribution in [0.4, 0.5) is 5.69 Å². The molecule has 0 radical (unpaired) electrons. The Bertz CT molecular complexity index is 712. The number of rotatable bonds is 2. The third kappa shape index (κ3) is 1.89. The molecule has 0 fully saturated rings. The van der Waals surface area contributed by atoms with Crippen molar-refractivity contribution in [2.45, 2.75) is 6.92 Å². The topological polar surface area (TPSA) is 69.9 Å². The summed E-state index contributed by atoms with van der Waals surface area (Å²) in [5.41, 5.74) is 9.07. The van der Waals surface area contributed by atoms with Crippen LogP contribution in [0.1, 0.15) is 5.69 Å². The highest BCUT2D eigenvalue weighted by atomic mass is 16.4. The van der Waals surface area contributed by atoms with Crippen molar-refractivity contribution in [3.05, 3.63) is 42.2 Å². The van der Waals surface area contributed by atoms with Gasteiger partial charge in [0.15, 0.2) is 5.76 Å². The van der Waals surface area contributed by atoms with E-state index in [1.807, 2.05) is 44.3 Å². The van der Waals surface area contributed by atoms with Crippen LogP contribution in [0.3, 0.4) is 0 Å². The summed E-state index contributed by atoms with van der Waals surface area (Å²) in [4.78, 5) is 4.29. The first-order valence-corrected chi connectivity index (χ1v) is 5.97. The van der Waals surface area contributed by atoms with E-state index < -0.39 is 0 Å². The molecule has 0 atom stereocenters. The molecule has 0 aliphatic heterocycles. The molecule has 5 nitrogen and oxygen atoms in total. The van der Waals surface area contributed by atoms with Crippen molar-refractivity contribution in [2.24, 2.45) is 7.05 Å². The van der Waals surface area contributed by atoms with E-state index in [4.69, 9.17) is 10.2 Å². The van der Waals surface area contributed by atoms with Crippen LogP contribution in [0, 0.1) is 6.92 Å². The van der Waals surface area contributed by atoms with Gasteiger partial charge in [0.25, 0.3) is 0 Å². The van der Waals surface area contributed by atoms with Gasteiger partial charge in [-0.1, -0.05) is 30.3 Å². The Labute approximate surface area is 110 Å². The van der Waals surface area contributed by atoms with E-state index in [1.54, 1.807) is 10.9 Å². The fourth-order valence-corrected chi connectivity index (χ4v) is 2.05. The number of aryl methyl sites for hydroxylation is 2. The number of nitrogen functional groups attached to an aromatic ring is 1. The molecule has 0 aliphatic carbocycles. The van der Waals surface area contributed by atoms with Gasteiger partial charge in [-0.15, -0.1) is 0 Å². The summed E-state index contributed by atoms with van der Waals surface area (Å²) in [5.74, 6) is 1.20. The summed E-state index contributed by atoms with van der Waals surface area (Å²) in [5, 5.41) is 4.26. The molecule has 0 aliphatic rings. The highest BCUT2D eigenvalue weighted by Gasteiger charge is 2.17. The number of anilines is 1. The van der Waals surface area contributed by atoms with Gasteiger partial charge in [0.05, 0.1) is 17.6 Å². The van der Waals surface area contributed by atoms with E-state index in [1.165, 1.54) is 0 Å². The third-order valence-corrected chi connectivity index (χ3v) is 3.04. The van der Waals surface area contributed by atoms with Crippen molar-refractivity contribution in [3.8, 4) is 22.9 Å². The van der Waals surface area contributed by atoms with Gasteiger partial charge in [-0.2, -0.15) is 5.10 Å². The Morgan fingerprint density at radius 2 is 1.95 bits per heavy atom. The summed E-state index contributed by atoms with van der Waals surface area (Å²) in [6.07, 6.45) is 1.70. The number of nitrogens with two attached hydrogens (primary N) is 1. The lowest BCUT2D eigenvalue weighted by Crippen LogP contribution is -1.95. The maximum Gasteiger partial charge on any atom is 0.247 e. The summed E-state index contributed by atoms with van der Waals surface area (Å²) in [6.45, 7) is 1.86. The molecule has 19 heavy (non-hydrogen) atoms. The van der Waals surface area contributed by atoms with Gasteiger partial charge >= 0.3 is 0 Å². The highest BCUT2D eigenvalue weighted by molar-refractivity contribution is 5.70. The van der Waals surface area contributed by atoms with Crippen LogP contribution in [0.5, 0.6) is 0 Å². The smallest absolute Gasteiger partial charge is 0.247 e. The van der Waals surface area contributed by atoms with Gasteiger partial charge in [0.1, 0.15) is 5.69 Å². The molecule has 0 spiro atoms. The van der Waals surface area contributed by atoms with E-state index >= 15 is 0 Å². The molecule has 2 N–H and O–H groups in total. The fraction of sp³-hybridized carbons (Fsp3) is 0.143. The average molecular weight is 254 g/mol. The number of benzene rings is 1. The fourth-order valence-electron chi connectivity index (χ4n) is 2.05. The van der Waals surface area contributed by atoms with Gasteiger partial charge in [-0.3, -0.25) is 4.68 Å². The summed E-state index contributed by atoms with van der Waals surface area (Å²) < 4.78 is 7.46. The minimum absolute atomic E-state index is 0.486. The van der Waals surface area contributed by atoms with Crippen molar-refractivity contribution in [1.82, 2.24) is 14.8 Å². The van der Waals surface area contributed by atoms with Crippen LogP contribution >= 0.6 is 0 Å². The zero-order valence-electron chi connectivity index (χ0n) is 10.8.